The Hall–Kier alpha value is -3.10. The highest BCUT2D eigenvalue weighted by molar-refractivity contribution is 7.92. The number of carbonyl (C=O) groups excluding carboxylic acids is 2. The standard InChI is InChI=1S/C27H32ClN3O4S/c1-19(2)16-29-27(33)20(3)30(17-22-11-6-8-14-24(22)28)26(32)18-31(36(4,34)35)25-15-9-12-21-10-5-7-13-23(21)25/h5-15,19-20H,16-18H2,1-4H3,(H,29,33)/t20-/m1/s1. The third kappa shape index (κ3) is 6.77. The number of nitrogens with one attached hydrogen (secondary N) is 1. The summed E-state index contributed by atoms with van der Waals surface area (Å²) >= 11 is 6.35. The van der Waals surface area contributed by atoms with E-state index in [1.54, 1.807) is 43.3 Å². The van der Waals surface area contributed by atoms with Gasteiger partial charge in [0, 0.05) is 23.5 Å². The van der Waals surface area contributed by atoms with Crippen molar-refractivity contribution in [3.05, 3.63) is 77.3 Å². The van der Waals surface area contributed by atoms with E-state index < -0.39 is 28.5 Å². The molecule has 3 rings (SSSR count). The SMILES string of the molecule is CC(C)CNC(=O)[C@@H](C)N(Cc1ccccc1Cl)C(=O)CN(c1cccc2ccccc12)S(C)(=O)=O. The number of benzene rings is 3. The van der Waals surface area contributed by atoms with Crippen molar-refractivity contribution in [2.24, 2.45) is 5.92 Å². The predicted octanol–water partition coefficient (Wildman–Crippen LogP) is 4.45. The molecule has 1 atom stereocenters. The molecular weight excluding hydrogens is 498 g/mol. The highest BCUT2D eigenvalue weighted by atomic mass is 35.5. The molecule has 0 bridgehead atoms. The van der Waals surface area contributed by atoms with E-state index in [0.29, 0.717) is 28.2 Å². The van der Waals surface area contributed by atoms with Crippen molar-refractivity contribution < 1.29 is 18.0 Å². The second kappa shape index (κ2) is 11.8. The average Bonchev–Trinajstić information content (AvgIpc) is 2.83. The number of rotatable bonds is 10. The van der Waals surface area contributed by atoms with E-state index in [9.17, 15) is 18.0 Å². The van der Waals surface area contributed by atoms with Gasteiger partial charge < -0.3 is 10.2 Å². The molecule has 3 aromatic carbocycles. The lowest BCUT2D eigenvalue weighted by atomic mass is 10.1. The molecule has 0 aliphatic rings. The van der Waals surface area contributed by atoms with E-state index in [2.05, 4.69) is 5.32 Å². The van der Waals surface area contributed by atoms with Crippen LogP contribution in [-0.4, -0.2) is 50.5 Å². The van der Waals surface area contributed by atoms with E-state index >= 15 is 0 Å². The summed E-state index contributed by atoms with van der Waals surface area (Å²) in [6.07, 6.45) is 1.07. The number of carbonyl (C=O) groups is 2. The fraction of sp³-hybridized carbons (Fsp3) is 0.333. The molecule has 36 heavy (non-hydrogen) atoms. The van der Waals surface area contributed by atoms with Gasteiger partial charge in [-0.2, -0.15) is 0 Å². The first-order valence-corrected chi connectivity index (χ1v) is 14.0. The van der Waals surface area contributed by atoms with Crippen LogP contribution in [0.4, 0.5) is 5.69 Å². The van der Waals surface area contributed by atoms with Gasteiger partial charge in [0.15, 0.2) is 0 Å². The van der Waals surface area contributed by atoms with Crippen LogP contribution in [0.5, 0.6) is 0 Å². The van der Waals surface area contributed by atoms with Gasteiger partial charge in [0.25, 0.3) is 0 Å². The maximum absolute atomic E-state index is 13.7. The number of fused-ring (bicyclic) bond motifs is 1. The molecule has 0 aliphatic heterocycles. The van der Waals surface area contributed by atoms with Crippen molar-refractivity contribution in [3.8, 4) is 0 Å². The van der Waals surface area contributed by atoms with E-state index in [-0.39, 0.29) is 18.4 Å². The minimum absolute atomic E-state index is 0.0575. The summed E-state index contributed by atoms with van der Waals surface area (Å²) in [5.41, 5.74) is 1.06. The molecule has 0 heterocycles. The van der Waals surface area contributed by atoms with Gasteiger partial charge in [-0.25, -0.2) is 8.42 Å². The average molecular weight is 530 g/mol. The van der Waals surface area contributed by atoms with Crippen molar-refractivity contribution in [2.75, 3.05) is 23.7 Å². The first-order valence-electron chi connectivity index (χ1n) is 11.7. The topological polar surface area (TPSA) is 86.8 Å². The van der Waals surface area contributed by atoms with Crippen molar-refractivity contribution >= 4 is 49.9 Å². The van der Waals surface area contributed by atoms with Gasteiger partial charge >= 0.3 is 0 Å². The number of hydrogen-bond acceptors (Lipinski definition) is 4. The lowest BCUT2D eigenvalue weighted by Gasteiger charge is -2.32. The van der Waals surface area contributed by atoms with Gasteiger partial charge in [0.05, 0.1) is 11.9 Å². The Morgan fingerprint density at radius 2 is 1.58 bits per heavy atom. The molecule has 0 spiro atoms. The van der Waals surface area contributed by atoms with Crippen LogP contribution in [-0.2, 0) is 26.2 Å². The minimum atomic E-state index is -3.83. The number of anilines is 1. The van der Waals surface area contributed by atoms with Crippen LogP contribution in [0.3, 0.4) is 0 Å². The van der Waals surface area contributed by atoms with Crippen LogP contribution >= 0.6 is 11.6 Å². The van der Waals surface area contributed by atoms with Crippen molar-refractivity contribution in [1.29, 1.82) is 0 Å². The van der Waals surface area contributed by atoms with Crippen molar-refractivity contribution in [1.82, 2.24) is 10.2 Å². The first kappa shape index (κ1) is 27.5. The highest BCUT2D eigenvalue weighted by Gasteiger charge is 2.31. The van der Waals surface area contributed by atoms with Crippen LogP contribution in [0.25, 0.3) is 10.8 Å². The molecule has 192 valence electrons. The molecular formula is C27H32ClN3O4S. The van der Waals surface area contributed by atoms with E-state index in [1.165, 1.54) is 4.90 Å². The Balaban J connectivity index is 1.98. The van der Waals surface area contributed by atoms with Crippen LogP contribution in [0, 0.1) is 5.92 Å². The third-order valence-corrected chi connectivity index (χ3v) is 7.36. The van der Waals surface area contributed by atoms with E-state index in [0.717, 1.165) is 15.9 Å². The monoisotopic (exact) mass is 529 g/mol. The molecule has 0 aliphatic carbocycles. The normalized spacial score (nSPS) is 12.4. The quantitative estimate of drug-likeness (QED) is 0.420. The van der Waals surface area contributed by atoms with Crippen molar-refractivity contribution in [3.63, 3.8) is 0 Å². The summed E-state index contributed by atoms with van der Waals surface area (Å²) in [6, 6.07) is 18.9. The number of nitrogens with zero attached hydrogens (tertiary/aromatic N) is 2. The first-order chi connectivity index (χ1) is 17.0. The van der Waals surface area contributed by atoms with Crippen LogP contribution in [0.15, 0.2) is 66.7 Å². The van der Waals surface area contributed by atoms with Crippen LogP contribution < -0.4 is 9.62 Å². The summed E-state index contributed by atoms with van der Waals surface area (Å²) < 4.78 is 26.9. The largest absolute Gasteiger partial charge is 0.354 e. The molecule has 0 saturated heterocycles. The smallest absolute Gasteiger partial charge is 0.244 e. The minimum Gasteiger partial charge on any atom is -0.354 e. The molecule has 0 fully saturated rings. The number of hydrogen-bond donors (Lipinski definition) is 1. The van der Waals surface area contributed by atoms with Crippen LogP contribution in [0.2, 0.25) is 5.02 Å². The number of halogens is 1. The Bertz CT molecular complexity index is 1340. The summed E-state index contributed by atoms with van der Waals surface area (Å²) in [4.78, 5) is 28.0. The Labute approximate surface area is 218 Å². The molecule has 3 aromatic rings. The summed E-state index contributed by atoms with van der Waals surface area (Å²) in [5.74, 6) is -0.596. The Kier molecular flexibility index (Phi) is 8.98. The van der Waals surface area contributed by atoms with Gasteiger partial charge in [0.2, 0.25) is 21.8 Å². The Morgan fingerprint density at radius 1 is 0.944 bits per heavy atom. The molecule has 0 radical (unpaired) electrons. The van der Waals surface area contributed by atoms with E-state index in [1.807, 2.05) is 44.2 Å². The van der Waals surface area contributed by atoms with Crippen molar-refractivity contribution in [2.45, 2.75) is 33.4 Å². The van der Waals surface area contributed by atoms with E-state index in [4.69, 9.17) is 11.6 Å². The molecule has 0 unspecified atom stereocenters. The zero-order valence-corrected chi connectivity index (χ0v) is 22.5. The fourth-order valence-electron chi connectivity index (χ4n) is 3.87. The van der Waals surface area contributed by atoms with Gasteiger partial charge in [-0.3, -0.25) is 13.9 Å². The zero-order chi connectivity index (χ0) is 26.5. The van der Waals surface area contributed by atoms with Gasteiger partial charge in [-0.15, -0.1) is 0 Å². The summed E-state index contributed by atoms with van der Waals surface area (Å²) in [5, 5.41) is 4.88. The maximum Gasteiger partial charge on any atom is 0.244 e. The van der Waals surface area contributed by atoms with Crippen LogP contribution in [0.1, 0.15) is 26.3 Å². The molecule has 1 N–H and O–H groups in total. The predicted molar refractivity (Wildman–Crippen MR) is 145 cm³/mol. The second-order valence-corrected chi connectivity index (χ2v) is 11.5. The molecule has 0 saturated carbocycles. The molecule has 7 nitrogen and oxygen atoms in total. The zero-order valence-electron chi connectivity index (χ0n) is 20.9. The van der Waals surface area contributed by atoms with Gasteiger partial charge in [-0.1, -0.05) is 80.0 Å². The molecule has 2 amide bonds. The highest BCUT2D eigenvalue weighted by Crippen LogP contribution is 2.29. The lowest BCUT2D eigenvalue weighted by Crippen LogP contribution is -2.51. The third-order valence-electron chi connectivity index (χ3n) is 5.86. The lowest BCUT2D eigenvalue weighted by molar-refractivity contribution is -0.139. The second-order valence-electron chi connectivity index (χ2n) is 9.20. The summed E-state index contributed by atoms with van der Waals surface area (Å²) in [6.45, 7) is 5.65. The molecule has 9 heteroatoms. The van der Waals surface area contributed by atoms with Gasteiger partial charge in [0.1, 0.15) is 12.6 Å². The van der Waals surface area contributed by atoms with Gasteiger partial charge in [-0.05, 0) is 35.9 Å². The Morgan fingerprint density at radius 3 is 2.25 bits per heavy atom. The molecule has 0 aromatic heterocycles. The fourth-order valence-corrected chi connectivity index (χ4v) is 4.92. The maximum atomic E-state index is 13.7. The number of amides is 2. The number of sulfonamides is 1. The summed E-state index contributed by atoms with van der Waals surface area (Å²) in [7, 11) is -3.83.